The molecule has 0 rings (SSSR count). The summed E-state index contributed by atoms with van der Waals surface area (Å²) in [4.78, 5) is 8.35. The fourth-order valence-electron chi connectivity index (χ4n) is 0. The molecule has 0 aliphatic heterocycles. The molecule has 6 heavy (non-hydrogen) atoms. The summed E-state index contributed by atoms with van der Waals surface area (Å²) in [6, 6.07) is 0. The molecule has 0 heterocycles. The molecule has 0 amide bonds. The molecular formula is C3H7NO2. The maximum atomic E-state index is 8.35. The Hall–Kier alpha value is -0.660. The lowest BCUT2D eigenvalue weighted by Gasteiger charge is -1.61. The normalized spacial score (nSPS) is 4.33. The van der Waals surface area contributed by atoms with Crippen molar-refractivity contribution in [1.29, 1.82) is 5.41 Å². The molecule has 0 aliphatic carbocycles. The van der Waals surface area contributed by atoms with Crippen molar-refractivity contribution in [3.63, 3.8) is 0 Å². The van der Waals surface area contributed by atoms with Crippen molar-refractivity contribution < 1.29 is 9.53 Å². The predicted molar refractivity (Wildman–Crippen MR) is 21.3 cm³/mol. The number of hydrogen-bond donors (Lipinski definition) is 1. The molecule has 0 fully saturated rings. The molecule has 0 saturated carbocycles. The van der Waals surface area contributed by atoms with Gasteiger partial charge in [-0.25, -0.2) is 10.2 Å². The van der Waals surface area contributed by atoms with Gasteiger partial charge in [0.15, 0.2) is 0 Å². The van der Waals surface area contributed by atoms with E-state index >= 15 is 0 Å². The molecule has 0 aromatic heterocycles. The lowest BCUT2D eigenvalue weighted by atomic mass is 11.6. The van der Waals surface area contributed by atoms with E-state index < -0.39 is 0 Å². The van der Waals surface area contributed by atoms with Crippen LogP contribution in [-0.4, -0.2) is 20.3 Å². The fraction of sp³-hybridized carbons (Fsp3) is 0.667. The van der Waals surface area contributed by atoms with Crippen molar-refractivity contribution in [3.8, 4) is 0 Å². The van der Waals surface area contributed by atoms with Gasteiger partial charge in [-0.3, -0.25) is 0 Å². The third kappa shape index (κ3) is 42.0. The van der Waals surface area contributed by atoms with Crippen LogP contribution in [0.3, 0.4) is 0 Å². The summed E-state index contributed by atoms with van der Waals surface area (Å²) in [5.41, 5.74) is 0. The van der Waals surface area contributed by atoms with Crippen molar-refractivity contribution in [2.75, 3.05) is 14.2 Å². The van der Waals surface area contributed by atoms with Crippen LogP contribution in [0.4, 0.5) is 0 Å². The first-order valence-electron chi connectivity index (χ1n) is 1.27. The molecule has 0 atom stereocenters. The second-order valence-electron chi connectivity index (χ2n) is 0.510. The Labute approximate surface area is 36.4 Å². The van der Waals surface area contributed by atoms with E-state index in [2.05, 4.69) is 4.74 Å². The Morgan fingerprint density at radius 1 is 1.67 bits per heavy atom. The van der Waals surface area contributed by atoms with E-state index in [0.717, 1.165) is 6.08 Å². The molecule has 0 aliphatic rings. The Morgan fingerprint density at radius 2 is 1.67 bits per heavy atom. The van der Waals surface area contributed by atoms with Crippen molar-refractivity contribution >= 4 is 6.08 Å². The summed E-state index contributed by atoms with van der Waals surface area (Å²) in [6.45, 7) is 0. The maximum Gasteiger partial charge on any atom is 0.231 e. The number of methoxy groups -OCH3 is 1. The number of rotatable bonds is 0. The molecule has 0 unspecified atom stereocenters. The SMILES string of the molecule is COC.N=C=O. The molecule has 0 spiro atoms. The zero-order valence-corrected chi connectivity index (χ0v) is 3.82. The number of ether oxygens (including phenoxy) is 1. The van der Waals surface area contributed by atoms with Crippen LogP contribution in [0.2, 0.25) is 0 Å². The quantitative estimate of drug-likeness (QED) is 0.339. The van der Waals surface area contributed by atoms with Gasteiger partial charge >= 0.3 is 0 Å². The third-order valence-corrected chi connectivity index (χ3v) is 0. The summed E-state index contributed by atoms with van der Waals surface area (Å²) in [6.07, 6.45) is 0.750. The predicted octanol–water partition coefficient (Wildman–Crippen LogP) is 0.164. The maximum absolute atomic E-state index is 8.35. The molecule has 1 N–H and O–H groups in total. The van der Waals surface area contributed by atoms with Crippen LogP contribution >= 0.6 is 0 Å². The molecule has 0 aromatic rings. The highest BCUT2D eigenvalue weighted by Crippen LogP contribution is 1.28. The highest BCUT2D eigenvalue weighted by atomic mass is 16.4. The lowest BCUT2D eigenvalue weighted by Crippen LogP contribution is -1.55. The van der Waals surface area contributed by atoms with E-state index in [1.807, 2.05) is 0 Å². The van der Waals surface area contributed by atoms with Crippen LogP contribution in [0, 0.1) is 5.41 Å². The average molecular weight is 89.1 g/mol. The van der Waals surface area contributed by atoms with Crippen LogP contribution in [-0.2, 0) is 9.53 Å². The highest BCUT2D eigenvalue weighted by Gasteiger charge is 1.25. The Morgan fingerprint density at radius 3 is 1.67 bits per heavy atom. The second kappa shape index (κ2) is 27.0. The summed E-state index contributed by atoms with van der Waals surface area (Å²) in [5, 5.41) is 5.40. The third-order valence-electron chi connectivity index (χ3n) is 0. The van der Waals surface area contributed by atoms with Crippen LogP contribution in [0.25, 0.3) is 0 Å². The summed E-state index contributed by atoms with van der Waals surface area (Å²) in [7, 11) is 3.25. The highest BCUT2D eigenvalue weighted by molar-refractivity contribution is 5.26. The van der Waals surface area contributed by atoms with Gasteiger partial charge in [0.05, 0.1) is 0 Å². The number of carbonyl (C=O) groups excluding carboxylic acids is 1. The monoisotopic (exact) mass is 89.0 g/mol. The van der Waals surface area contributed by atoms with E-state index in [-0.39, 0.29) is 0 Å². The number of hydrogen-bond acceptors (Lipinski definition) is 3. The first kappa shape index (κ1) is 9.02. The molecular weight excluding hydrogens is 82.0 g/mol. The molecule has 0 saturated heterocycles. The largest absolute Gasteiger partial charge is 0.388 e. The van der Waals surface area contributed by atoms with Crippen molar-refractivity contribution in [2.24, 2.45) is 0 Å². The molecule has 3 nitrogen and oxygen atoms in total. The van der Waals surface area contributed by atoms with E-state index in [9.17, 15) is 0 Å². The van der Waals surface area contributed by atoms with Gasteiger partial charge in [-0.15, -0.1) is 0 Å². The zero-order chi connectivity index (χ0) is 5.41. The zero-order valence-electron chi connectivity index (χ0n) is 3.82. The average Bonchev–Trinajstić information content (AvgIpc) is 1.39. The van der Waals surface area contributed by atoms with Gasteiger partial charge in [-0.2, -0.15) is 0 Å². The molecule has 3 heteroatoms. The van der Waals surface area contributed by atoms with Crippen LogP contribution in [0.1, 0.15) is 0 Å². The van der Waals surface area contributed by atoms with Gasteiger partial charge in [0.25, 0.3) is 0 Å². The minimum absolute atomic E-state index is 0.750. The van der Waals surface area contributed by atoms with Gasteiger partial charge in [-0.1, -0.05) is 0 Å². The Kier molecular flexibility index (Phi) is 40.5. The van der Waals surface area contributed by atoms with Crippen LogP contribution in [0.5, 0.6) is 0 Å². The van der Waals surface area contributed by atoms with Gasteiger partial charge < -0.3 is 4.74 Å². The van der Waals surface area contributed by atoms with E-state index in [4.69, 9.17) is 10.2 Å². The summed E-state index contributed by atoms with van der Waals surface area (Å²) < 4.78 is 4.25. The van der Waals surface area contributed by atoms with Gasteiger partial charge in [-0.05, 0) is 0 Å². The fourth-order valence-corrected chi connectivity index (χ4v) is 0. The Bertz CT molecular complexity index is 38.1. The van der Waals surface area contributed by atoms with Crippen LogP contribution in [0.15, 0.2) is 0 Å². The number of isocyanates is 1. The minimum atomic E-state index is 0.750. The standard InChI is InChI=1S/C2H6O.CHNO/c1-3-2;2-1-3/h1-2H3;2H. The minimum Gasteiger partial charge on any atom is -0.388 e. The molecule has 0 aromatic carbocycles. The first-order valence-corrected chi connectivity index (χ1v) is 1.27. The van der Waals surface area contributed by atoms with Crippen LogP contribution < -0.4 is 0 Å². The van der Waals surface area contributed by atoms with Crippen molar-refractivity contribution in [3.05, 3.63) is 0 Å². The van der Waals surface area contributed by atoms with Gasteiger partial charge in [0.2, 0.25) is 6.08 Å². The summed E-state index contributed by atoms with van der Waals surface area (Å²) in [5.74, 6) is 0. The van der Waals surface area contributed by atoms with Crippen molar-refractivity contribution in [2.45, 2.75) is 0 Å². The topological polar surface area (TPSA) is 50.1 Å². The molecule has 0 radical (unpaired) electrons. The van der Waals surface area contributed by atoms with Gasteiger partial charge in [0, 0.05) is 14.2 Å². The smallest absolute Gasteiger partial charge is 0.231 e. The number of nitrogens with one attached hydrogen (secondary N) is 1. The van der Waals surface area contributed by atoms with E-state index in [1.165, 1.54) is 0 Å². The Balaban J connectivity index is 0. The lowest BCUT2D eigenvalue weighted by molar-refractivity contribution is 0.277. The second-order valence-corrected chi connectivity index (χ2v) is 0.510. The first-order chi connectivity index (χ1) is 2.83. The van der Waals surface area contributed by atoms with E-state index in [1.54, 1.807) is 14.2 Å². The van der Waals surface area contributed by atoms with E-state index in [0.29, 0.717) is 0 Å². The molecule has 0 bridgehead atoms. The molecule has 36 valence electrons. The summed E-state index contributed by atoms with van der Waals surface area (Å²) >= 11 is 0. The van der Waals surface area contributed by atoms with Gasteiger partial charge in [0.1, 0.15) is 0 Å². The van der Waals surface area contributed by atoms with Crippen molar-refractivity contribution in [1.82, 2.24) is 0 Å².